The van der Waals surface area contributed by atoms with Crippen LogP contribution in [-0.2, 0) is 7.05 Å². The van der Waals surface area contributed by atoms with Crippen LogP contribution in [0.2, 0.25) is 5.02 Å². The molecule has 44 heavy (non-hydrogen) atoms. The fourth-order valence-electron chi connectivity index (χ4n) is 5.40. The number of rotatable bonds is 7. The Labute approximate surface area is 259 Å². The van der Waals surface area contributed by atoms with E-state index in [4.69, 9.17) is 11.6 Å². The molecule has 3 N–H and O–H groups in total. The molecule has 3 heterocycles. The molecule has 224 valence electrons. The quantitative estimate of drug-likeness (QED) is 0.164. The van der Waals surface area contributed by atoms with E-state index in [1.54, 1.807) is 62.7 Å². The minimum atomic E-state index is -0.425. The molecule has 1 aliphatic rings. The summed E-state index contributed by atoms with van der Waals surface area (Å²) in [5, 5.41) is 18.6. The highest BCUT2D eigenvalue weighted by Gasteiger charge is 2.20. The zero-order chi connectivity index (χ0) is 31.0. The van der Waals surface area contributed by atoms with Crippen LogP contribution in [0, 0.1) is 6.92 Å². The number of nitrogens with one attached hydrogen (secondary N) is 2. The van der Waals surface area contributed by atoms with Crippen molar-refractivity contribution in [3.63, 3.8) is 0 Å². The molecule has 0 bridgehead atoms. The number of amides is 1. The number of aromatic nitrogens is 3. The summed E-state index contributed by atoms with van der Waals surface area (Å²) in [6.07, 6.45) is 1.63. The lowest BCUT2D eigenvalue weighted by molar-refractivity contribution is 0.101. The van der Waals surface area contributed by atoms with Crippen LogP contribution in [0.15, 0.2) is 71.7 Å². The predicted octanol–water partition coefficient (Wildman–Crippen LogP) is 5.55. The third kappa shape index (κ3) is 5.82. The van der Waals surface area contributed by atoms with Crippen LogP contribution >= 0.6 is 11.6 Å². The summed E-state index contributed by atoms with van der Waals surface area (Å²) in [4.78, 5) is 38.5. The number of ketones is 1. The molecule has 6 rings (SSSR count). The van der Waals surface area contributed by atoms with E-state index in [0.29, 0.717) is 33.6 Å². The van der Waals surface area contributed by atoms with Gasteiger partial charge in [-0.25, -0.2) is 0 Å². The molecule has 10 nitrogen and oxygen atoms in total. The second-order valence-corrected chi connectivity index (χ2v) is 11.3. The maximum absolute atomic E-state index is 13.4. The molecule has 0 unspecified atom stereocenters. The Hall–Kier alpha value is -4.93. The van der Waals surface area contributed by atoms with Crippen molar-refractivity contribution < 1.29 is 14.7 Å². The van der Waals surface area contributed by atoms with E-state index in [-0.39, 0.29) is 22.4 Å². The second-order valence-electron chi connectivity index (χ2n) is 10.9. The molecule has 0 radical (unpaired) electrons. The molecule has 0 aliphatic carbocycles. The normalized spacial score (nSPS) is 14.0. The molecular formula is C33H32ClN7O3. The molecule has 1 saturated heterocycles. The molecular weight excluding hydrogens is 578 g/mol. The topological polar surface area (TPSA) is 119 Å². The molecule has 1 fully saturated rings. The number of aromatic amines is 1. The van der Waals surface area contributed by atoms with Gasteiger partial charge in [-0.15, -0.1) is 0 Å². The highest BCUT2D eigenvalue weighted by Crippen LogP contribution is 2.29. The maximum Gasteiger partial charge on any atom is 0.275 e. The van der Waals surface area contributed by atoms with Crippen LogP contribution < -0.4 is 10.2 Å². The van der Waals surface area contributed by atoms with Crippen molar-refractivity contribution >= 4 is 57.5 Å². The zero-order valence-electron chi connectivity index (χ0n) is 24.6. The summed E-state index contributed by atoms with van der Waals surface area (Å²) in [6, 6.07) is 20.0. The number of anilines is 2. The fraction of sp³-hybridized carbons (Fsp3) is 0.212. The molecule has 1 amide bonds. The predicted molar refractivity (Wildman–Crippen MR) is 174 cm³/mol. The first-order valence-electron chi connectivity index (χ1n) is 14.3. The zero-order valence-corrected chi connectivity index (χ0v) is 25.4. The molecule has 2 aromatic heterocycles. The second kappa shape index (κ2) is 12.0. The Bertz CT molecular complexity index is 1900. The summed E-state index contributed by atoms with van der Waals surface area (Å²) in [5.74, 6) is -0.690. The lowest BCUT2D eigenvalue weighted by Gasteiger charge is -2.34. The Morgan fingerprint density at radius 2 is 1.73 bits per heavy atom. The van der Waals surface area contributed by atoms with E-state index >= 15 is 0 Å². The first-order chi connectivity index (χ1) is 21.2. The lowest BCUT2D eigenvalue weighted by Crippen LogP contribution is -2.44. The number of hydrogen-bond acceptors (Lipinski definition) is 7. The van der Waals surface area contributed by atoms with E-state index < -0.39 is 5.91 Å². The number of aromatic hydroxyl groups is 1. The first kappa shape index (κ1) is 29.2. The largest absolute Gasteiger partial charge is 0.494 e. The molecule has 5 aromatic rings. The van der Waals surface area contributed by atoms with Gasteiger partial charge in [-0.2, -0.15) is 5.10 Å². The number of carbonyl (C=O) groups excluding carboxylic acids is 2. The number of nitrogens with zero attached hydrogens (tertiary/aromatic N) is 5. The number of halogens is 1. The summed E-state index contributed by atoms with van der Waals surface area (Å²) < 4.78 is 1.42. The van der Waals surface area contributed by atoms with E-state index in [1.807, 2.05) is 12.1 Å². The third-order valence-corrected chi connectivity index (χ3v) is 8.34. The van der Waals surface area contributed by atoms with Crippen molar-refractivity contribution in [1.82, 2.24) is 19.7 Å². The van der Waals surface area contributed by atoms with Crippen molar-refractivity contribution in [3.05, 3.63) is 99.8 Å². The monoisotopic (exact) mass is 609 g/mol. The number of aliphatic imine (C=N–C) groups is 1. The summed E-state index contributed by atoms with van der Waals surface area (Å²) in [7, 11) is 3.78. The third-order valence-electron chi connectivity index (χ3n) is 7.89. The van der Waals surface area contributed by atoms with Gasteiger partial charge >= 0.3 is 0 Å². The van der Waals surface area contributed by atoms with E-state index in [1.165, 1.54) is 10.4 Å². The van der Waals surface area contributed by atoms with Crippen LogP contribution in [0.4, 0.5) is 17.1 Å². The van der Waals surface area contributed by atoms with Crippen LogP contribution in [0.25, 0.3) is 10.9 Å². The molecule has 0 atom stereocenters. The smallest absolute Gasteiger partial charge is 0.275 e. The van der Waals surface area contributed by atoms with Gasteiger partial charge < -0.3 is 25.2 Å². The van der Waals surface area contributed by atoms with Gasteiger partial charge in [-0.05, 0) is 56.4 Å². The minimum absolute atomic E-state index is 0.0313. The van der Waals surface area contributed by atoms with Crippen molar-refractivity contribution in [2.75, 3.05) is 43.4 Å². The SMILES string of the molecule is Cc1nn(C)c(C(=O)Nc2cccc(C(=O)c3ccc4c(C=Nc5ccc(N6CCN(C)CC6)cc5)c(O)[nH]c4c3)c2)c1Cl. The summed E-state index contributed by atoms with van der Waals surface area (Å²) in [5.41, 5.74) is 5.15. The minimum Gasteiger partial charge on any atom is -0.494 e. The van der Waals surface area contributed by atoms with Crippen LogP contribution in [0.3, 0.4) is 0 Å². The summed E-state index contributed by atoms with van der Waals surface area (Å²) >= 11 is 6.25. The van der Waals surface area contributed by atoms with Crippen molar-refractivity contribution in [2.24, 2.45) is 12.0 Å². The van der Waals surface area contributed by atoms with Crippen molar-refractivity contribution in [2.45, 2.75) is 6.92 Å². The van der Waals surface area contributed by atoms with Crippen molar-refractivity contribution in [1.29, 1.82) is 0 Å². The number of benzene rings is 3. The fourth-order valence-corrected chi connectivity index (χ4v) is 5.65. The molecule has 3 aromatic carbocycles. The molecule has 0 saturated carbocycles. The number of hydrogen-bond donors (Lipinski definition) is 3. The number of carbonyl (C=O) groups is 2. The van der Waals surface area contributed by atoms with Gasteiger partial charge in [-0.3, -0.25) is 19.3 Å². The Balaban J connectivity index is 1.17. The maximum atomic E-state index is 13.4. The Morgan fingerprint density at radius 3 is 2.43 bits per heavy atom. The average Bonchev–Trinajstić information content (AvgIpc) is 3.48. The number of fused-ring (bicyclic) bond motifs is 1. The van der Waals surface area contributed by atoms with E-state index in [2.05, 4.69) is 49.4 Å². The molecule has 0 spiro atoms. The van der Waals surface area contributed by atoms with E-state index in [9.17, 15) is 14.7 Å². The van der Waals surface area contributed by atoms with Gasteiger partial charge in [-0.1, -0.05) is 35.9 Å². The number of likely N-dealkylation sites (N-methyl/N-ethyl adjacent to an activating group) is 1. The Kier molecular flexibility index (Phi) is 7.94. The first-order valence-corrected chi connectivity index (χ1v) is 14.6. The highest BCUT2D eigenvalue weighted by atomic mass is 35.5. The number of H-pyrrole nitrogens is 1. The number of piperazine rings is 1. The molecule has 11 heteroatoms. The van der Waals surface area contributed by atoms with Gasteiger partial charge in [0.2, 0.25) is 0 Å². The van der Waals surface area contributed by atoms with E-state index in [0.717, 1.165) is 37.3 Å². The van der Waals surface area contributed by atoms with Gasteiger partial charge in [0, 0.05) is 72.8 Å². The van der Waals surface area contributed by atoms with Crippen LogP contribution in [-0.4, -0.2) is 75.9 Å². The van der Waals surface area contributed by atoms with Gasteiger partial charge in [0.15, 0.2) is 11.7 Å². The van der Waals surface area contributed by atoms with Gasteiger partial charge in [0.05, 0.1) is 22.0 Å². The van der Waals surface area contributed by atoms with Crippen LogP contribution in [0.5, 0.6) is 5.88 Å². The molecule has 1 aliphatic heterocycles. The van der Waals surface area contributed by atoms with Crippen molar-refractivity contribution in [3.8, 4) is 5.88 Å². The van der Waals surface area contributed by atoms with Crippen LogP contribution in [0.1, 0.15) is 37.7 Å². The highest BCUT2D eigenvalue weighted by molar-refractivity contribution is 6.34. The number of aryl methyl sites for hydroxylation is 2. The average molecular weight is 610 g/mol. The lowest BCUT2D eigenvalue weighted by atomic mass is 10.0. The van der Waals surface area contributed by atoms with Gasteiger partial charge in [0.1, 0.15) is 5.69 Å². The Morgan fingerprint density at radius 1 is 1.00 bits per heavy atom. The summed E-state index contributed by atoms with van der Waals surface area (Å²) in [6.45, 7) is 5.80. The standard InChI is InChI=1S/C33H32ClN7O3/c1-20-29(34)30(40(3)38-20)33(44)36-24-6-4-5-21(17-24)31(42)22-7-12-26-27(32(43)37-28(26)18-22)19-35-23-8-10-25(11-9-23)41-15-13-39(2)14-16-41/h4-12,17-19,37,43H,13-16H2,1-3H3,(H,36,44). The van der Waals surface area contributed by atoms with Gasteiger partial charge in [0.25, 0.3) is 5.91 Å².